The molecular weight excluding hydrogens is 154 g/mol. The normalized spacial score (nSPS) is 9.00. The molecule has 0 aliphatic carbocycles. The van der Waals surface area contributed by atoms with Gasteiger partial charge < -0.3 is 4.74 Å². The topological polar surface area (TPSA) is 9.23 Å². The second-order valence-electron chi connectivity index (χ2n) is 2.17. The lowest BCUT2D eigenvalue weighted by molar-refractivity contribution is 0.371. The third-order valence-corrected chi connectivity index (χ3v) is 1.29. The molecule has 0 saturated heterocycles. The van der Waals surface area contributed by atoms with E-state index in [1.54, 1.807) is 0 Å². The van der Waals surface area contributed by atoms with Gasteiger partial charge in [-0.2, -0.15) is 0 Å². The highest BCUT2D eigenvalue weighted by atomic mass is 19.1. The van der Waals surface area contributed by atoms with Gasteiger partial charge in [-0.25, -0.2) is 4.39 Å². The van der Waals surface area contributed by atoms with Gasteiger partial charge in [0, 0.05) is 6.07 Å². The summed E-state index contributed by atoms with van der Waals surface area (Å²) in [6, 6.07) is 3.89. The molecule has 1 nitrogen and oxygen atoms in total. The molecule has 58 valence electrons. The van der Waals surface area contributed by atoms with Gasteiger partial charge in [-0.3, -0.25) is 0 Å². The number of hydrogen-bond acceptors (Lipinski definition) is 1. The van der Waals surface area contributed by atoms with Crippen molar-refractivity contribution in [3.05, 3.63) is 24.0 Å². The summed E-state index contributed by atoms with van der Waals surface area (Å²) >= 11 is 0. The minimum absolute atomic E-state index is 0.0909. The van der Waals surface area contributed by atoms with Crippen molar-refractivity contribution in [1.29, 1.82) is 0 Å². The maximum absolute atomic E-state index is 12.6. The summed E-state index contributed by atoms with van der Waals surface area (Å²) in [7, 11) is 5.47. The minimum atomic E-state index is -0.392. The van der Waals surface area contributed by atoms with E-state index in [1.165, 1.54) is 18.2 Å². The molecule has 1 aromatic rings. The molecule has 0 amide bonds. The van der Waals surface area contributed by atoms with Crippen molar-refractivity contribution in [2.24, 2.45) is 0 Å². The van der Waals surface area contributed by atoms with Crippen molar-refractivity contribution in [2.45, 2.75) is 0 Å². The summed E-state index contributed by atoms with van der Waals surface area (Å²) in [4.78, 5) is 0. The van der Waals surface area contributed by atoms with E-state index >= 15 is 0 Å². The van der Waals surface area contributed by atoms with Crippen LogP contribution in [0.25, 0.3) is 0 Å². The van der Waals surface area contributed by atoms with Gasteiger partial charge in [0.2, 0.25) is 0 Å². The highest BCUT2D eigenvalue weighted by Crippen LogP contribution is 2.08. The lowest BCUT2D eigenvalue weighted by Gasteiger charge is -2.05. The largest absolute Gasteiger partial charge is 0.481 e. The van der Waals surface area contributed by atoms with Crippen LogP contribution in [0.3, 0.4) is 0 Å². The molecule has 0 fully saturated rings. The highest BCUT2D eigenvalue weighted by molar-refractivity contribution is 6.34. The third-order valence-electron chi connectivity index (χ3n) is 1.29. The van der Waals surface area contributed by atoms with Crippen LogP contribution in [-0.2, 0) is 0 Å². The van der Waals surface area contributed by atoms with Crippen molar-refractivity contribution >= 4 is 13.3 Å². The van der Waals surface area contributed by atoms with Crippen molar-refractivity contribution in [3.63, 3.8) is 0 Å². The van der Waals surface area contributed by atoms with Gasteiger partial charge in [-0.15, -0.1) is 6.42 Å². The summed E-state index contributed by atoms with van der Waals surface area (Å²) in [5.41, 5.74) is 0.381. The van der Waals surface area contributed by atoms with Crippen LogP contribution in [-0.4, -0.2) is 14.5 Å². The fourth-order valence-electron chi connectivity index (χ4n) is 0.753. The smallest absolute Gasteiger partial charge is 0.148 e. The molecule has 0 unspecified atom stereocenters. The highest BCUT2D eigenvalue weighted by Gasteiger charge is 1.99. The molecule has 0 N–H and O–H groups in total. The summed E-state index contributed by atoms with van der Waals surface area (Å²) in [6.45, 7) is 0.0909. The zero-order valence-electron chi connectivity index (χ0n) is 6.38. The predicted octanol–water partition coefficient (Wildman–Crippen LogP) is 0.631. The Kier molecular flexibility index (Phi) is 2.76. The van der Waals surface area contributed by atoms with Crippen molar-refractivity contribution in [1.82, 2.24) is 0 Å². The first-order valence-electron chi connectivity index (χ1n) is 3.35. The van der Waals surface area contributed by atoms with Crippen LogP contribution in [0.1, 0.15) is 0 Å². The molecule has 0 bridgehead atoms. The Morgan fingerprint density at radius 2 is 2.33 bits per heavy atom. The van der Waals surface area contributed by atoms with Crippen molar-refractivity contribution in [3.8, 4) is 18.1 Å². The molecule has 0 aromatic heterocycles. The molecule has 0 atom stereocenters. The summed E-state index contributed by atoms with van der Waals surface area (Å²) in [5.74, 6) is 2.16. The Bertz CT molecular complexity index is 317. The van der Waals surface area contributed by atoms with Gasteiger partial charge >= 0.3 is 0 Å². The maximum Gasteiger partial charge on any atom is 0.148 e. The lowest BCUT2D eigenvalue weighted by atomic mass is 9.95. The van der Waals surface area contributed by atoms with Crippen molar-refractivity contribution in [2.75, 3.05) is 6.61 Å². The monoisotopic (exact) mass is 160 g/mol. The summed E-state index contributed by atoms with van der Waals surface area (Å²) in [5, 5.41) is 0. The third kappa shape index (κ3) is 2.03. The van der Waals surface area contributed by atoms with E-state index in [1.807, 2.05) is 0 Å². The van der Waals surface area contributed by atoms with E-state index in [9.17, 15) is 4.39 Å². The fourth-order valence-corrected chi connectivity index (χ4v) is 0.753. The van der Waals surface area contributed by atoms with E-state index in [2.05, 4.69) is 5.92 Å². The SMILES string of the molecule is [B]c1ccc(F)cc1OCC#C. The van der Waals surface area contributed by atoms with E-state index in [-0.39, 0.29) is 12.4 Å². The van der Waals surface area contributed by atoms with Crippen LogP contribution >= 0.6 is 0 Å². The zero-order chi connectivity index (χ0) is 8.97. The first-order chi connectivity index (χ1) is 5.74. The number of ether oxygens (including phenoxy) is 1. The Labute approximate surface area is 72.0 Å². The maximum atomic E-state index is 12.6. The first kappa shape index (κ1) is 8.67. The van der Waals surface area contributed by atoms with Crippen LogP contribution in [0, 0.1) is 18.2 Å². The molecule has 2 radical (unpaired) electrons. The molecule has 1 rings (SSSR count). The van der Waals surface area contributed by atoms with E-state index < -0.39 is 5.82 Å². The van der Waals surface area contributed by atoms with Gasteiger partial charge in [0.15, 0.2) is 0 Å². The van der Waals surface area contributed by atoms with Crippen LogP contribution in [0.2, 0.25) is 0 Å². The summed E-state index contributed by atoms with van der Waals surface area (Å²) in [6.07, 6.45) is 4.95. The Balaban J connectivity index is 2.84. The van der Waals surface area contributed by atoms with Gasteiger partial charge in [0.05, 0.1) is 0 Å². The quantitative estimate of drug-likeness (QED) is 0.455. The molecule has 0 spiro atoms. The second-order valence-corrected chi connectivity index (χ2v) is 2.17. The van der Waals surface area contributed by atoms with Crippen molar-refractivity contribution < 1.29 is 9.13 Å². The first-order valence-corrected chi connectivity index (χ1v) is 3.35. The Morgan fingerprint density at radius 3 is 3.00 bits per heavy atom. The molecule has 3 heteroatoms. The molecule has 0 aliphatic rings. The number of terminal acetylenes is 1. The Hall–Kier alpha value is -1.43. The predicted molar refractivity (Wildman–Crippen MR) is 46.1 cm³/mol. The molecule has 0 heterocycles. The second kappa shape index (κ2) is 3.82. The van der Waals surface area contributed by atoms with Crippen LogP contribution in [0.5, 0.6) is 5.75 Å². The van der Waals surface area contributed by atoms with Gasteiger partial charge in [-0.05, 0) is 6.07 Å². The van der Waals surface area contributed by atoms with E-state index in [0.29, 0.717) is 5.46 Å². The average Bonchev–Trinajstić information content (AvgIpc) is 2.07. The molecule has 12 heavy (non-hydrogen) atoms. The molecule has 1 aromatic carbocycles. The molecule has 0 saturated carbocycles. The standard InChI is InChI=1S/C9H6BFO/c1-2-5-12-9-6-7(11)3-4-8(9)10/h1,3-4,6H,5H2. The van der Waals surface area contributed by atoms with E-state index in [0.717, 1.165) is 0 Å². The summed E-state index contributed by atoms with van der Waals surface area (Å²) < 4.78 is 17.6. The van der Waals surface area contributed by atoms with Gasteiger partial charge in [-0.1, -0.05) is 17.4 Å². The number of rotatable bonds is 2. The van der Waals surface area contributed by atoms with Crippen LogP contribution in [0.4, 0.5) is 4.39 Å². The average molecular weight is 160 g/mol. The van der Waals surface area contributed by atoms with Gasteiger partial charge in [0.1, 0.15) is 26.0 Å². The van der Waals surface area contributed by atoms with Crippen LogP contribution < -0.4 is 10.2 Å². The molecule has 0 aliphatic heterocycles. The minimum Gasteiger partial charge on any atom is -0.481 e. The lowest BCUT2D eigenvalue weighted by Crippen LogP contribution is -2.09. The van der Waals surface area contributed by atoms with E-state index in [4.69, 9.17) is 19.0 Å². The number of halogens is 1. The van der Waals surface area contributed by atoms with Crippen LogP contribution in [0.15, 0.2) is 18.2 Å². The Morgan fingerprint density at radius 1 is 1.58 bits per heavy atom. The number of benzene rings is 1. The zero-order valence-corrected chi connectivity index (χ0v) is 6.38. The molecular formula is C9H6BFO. The number of hydrogen-bond donors (Lipinski definition) is 0. The van der Waals surface area contributed by atoms with Gasteiger partial charge in [0.25, 0.3) is 0 Å². The fraction of sp³-hybridized carbons (Fsp3) is 0.111.